The Hall–Kier alpha value is -2.35. The minimum absolute atomic E-state index is 0.354. The van der Waals surface area contributed by atoms with E-state index in [2.05, 4.69) is 23.3 Å². The van der Waals surface area contributed by atoms with Crippen molar-refractivity contribution in [3.05, 3.63) is 35.7 Å². The zero-order valence-corrected chi connectivity index (χ0v) is 13.5. The number of ether oxygens (including phenoxy) is 1. The number of nitrogens with zero attached hydrogens (tertiary/aromatic N) is 4. The largest absolute Gasteiger partial charge is 0.491 e. The zero-order valence-electron chi connectivity index (χ0n) is 13.5. The number of rotatable bonds is 5. The smallest absolute Gasteiger partial charge is 0.186 e. The van der Waals surface area contributed by atoms with E-state index < -0.39 is 0 Å². The Morgan fingerprint density at radius 3 is 2.78 bits per heavy atom. The molecule has 0 atom stereocenters. The Balaban J connectivity index is 2.03. The number of aromatic nitrogens is 3. The molecule has 1 saturated carbocycles. The predicted octanol–water partition coefficient (Wildman–Crippen LogP) is 3.98. The summed E-state index contributed by atoms with van der Waals surface area (Å²) < 4.78 is 7.67. The van der Waals surface area contributed by atoms with Crippen molar-refractivity contribution < 1.29 is 4.74 Å². The molecular formula is C18H22N4O. The molecule has 5 nitrogen and oxygen atoms in total. The lowest BCUT2D eigenvalue weighted by atomic mass is 9.86. The minimum atomic E-state index is 0.354. The lowest BCUT2D eigenvalue weighted by Gasteiger charge is -2.22. The van der Waals surface area contributed by atoms with Crippen molar-refractivity contribution >= 4 is 0 Å². The molecule has 23 heavy (non-hydrogen) atoms. The summed E-state index contributed by atoms with van der Waals surface area (Å²) >= 11 is 0. The lowest BCUT2D eigenvalue weighted by molar-refractivity contribution is 0.315. The maximum atomic E-state index is 9.42. The van der Waals surface area contributed by atoms with Crippen LogP contribution in [0.4, 0.5) is 0 Å². The van der Waals surface area contributed by atoms with Crippen LogP contribution in [0.3, 0.4) is 0 Å². The molecule has 0 saturated heterocycles. The molecule has 120 valence electrons. The van der Waals surface area contributed by atoms with Crippen LogP contribution in [0.15, 0.2) is 24.3 Å². The standard InChI is InChI=1S/C18H22N4O/c1-2-12-23-17-11-7-6-10-16(17)22-18(15(13-19)20-21-22)14-8-4-3-5-9-14/h6-7,10-11,14H,2-5,8-9,12H2,1H3. The van der Waals surface area contributed by atoms with E-state index in [-0.39, 0.29) is 0 Å². The fourth-order valence-electron chi connectivity index (χ4n) is 3.26. The van der Waals surface area contributed by atoms with Crippen LogP contribution in [0.5, 0.6) is 5.75 Å². The predicted molar refractivity (Wildman–Crippen MR) is 87.7 cm³/mol. The van der Waals surface area contributed by atoms with Gasteiger partial charge in [0.2, 0.25) is 0 Å². The van der Waals surface area contributed by atoms with Gasteiger partial charge in [-0.25, -0.2) is 4.68 Å². The van der Waals surface area contributed by atoms with Crippen molar-refractivity contribution in [2.45, 2.75) is 51.4 Å². The SMILES string of the molecule is CCCOc1ccccc1-n1nnc(C#N)c1C1CCCCC1. The zero-order chi connectivity index (χ0) is 16.1. The highest BCUT2D eigenvalue weighted by Crippen LogP contribution is 2.36. The van der Waals surface area contributed by atoms with Gasteiger partial charge in [-0.3, -0.25) is 0 Å². The number of nitriles is 1. The summed E-state index contributed by atoms with van der Waals surface area (Å²) in [7, 11) is 0. The summed E-state index contributed by atoms with van der Waals surface area (Å²) in [6, 6.07) is 10.1. The first kappa shape index (κ1) is 15.5. The monoisotopic (exact) mass is 310 g/mol. The van der Waals surface area contributed by atoms with Crippen molar-refractivity contribution in [1.82, 2.24) is 15.0 Å². The molecule has 5 heteroatoms. The molecule has 0 unspecified atom stereocenters. The molecule has 1 heterocycles. The second-order valence-corrected chi connectivity index (χ2v) is 6.00. The fraction of sp³-hybridized carbons (Fsp3) is 0.500. The van der Waals surface area contributed by atoms with Crippen LogP contribution in [0, 0.1) is 11.3 Å². The van der Waals surface area contributed by atoms with Crippen LogP contribution >= 0.6 is 0 Å². The van der Waals surface area contributed by atoms with Gasteiger partial charge in [0, 0.05) is 5.92 Å². The molecule has 1 aliphatic rings. The number of benzene rings is 1. The molecule has 1 aromatic heterocycles. The Labute approximate surface area is 136 Å². The topological polar surface area (TPSA) is 63.7 Å². The molecule has 0 radical (unpaired) electrons. The summed E-state index contributed by atoms with van der Waals surface area (Å²) in [6.45, 7) is 2.74. The third-order valence-corrected chi connectivity index (χ3v) is 4.36. The first-order chi connectivity index (χ1) is 11.3. The Bertz CT molecular complexity index is 695. The Kier molecular flexibility index (Phi) is 4.92. The number of para-hydroxylation sites is 2. The molecule has 1 aliphatic carbocycles. The van der Waals surface area contributed by atoms with Crippen LogP contribution in [0.1, 0.15) is 62.8 Å². The van der Waals surface area contributed by atoms with Gasteiger partial charge in [0.1, 0.15) is 17.5 Å². The third kappa shape index (κ3) is 3.21. The minimum Gasteiger partial charge on any atom is -0.491 e. The van der Waals surface area contributed by atoms with Gasteiger partial charge in [0.15, 0.2) is 5.69 Å². The van der Waals surface area contributed by atoms with Gasteiger partial charge in [0.25, 0.3) is 0 Å². The van der Waals surface area contributed by atoms with E-state index in [1.165, 1.54) is 19.3 Å². The van der Waals surface area contributed by atoms with E-state index in [4.69, 9.17) is 4.74 Å². The van der Waals surface area contributed by atoms with Crippen molar-refractivity contribution in [2.75, 3.05) is 6.61 Å². The summed E-state index contributed by atoms with van der Waals surface area (Å²) in [5, 5.41) is 17.8. The van der Waals surface area contributed by atoms with Crippen LogP contribution in [-0.2, 0) is 0 Å². The van der Waals surface area contributed by atoms with E-state index in [1.807, 2.05) is 28.9 Å². The van der Waals surface area contributed by atoms with E-state index in [0.717, 1.165) is 36.4 Å². The lowest BCUT2D eigenvalue weighted by Crippen LogP contribution is -2.13. The van der Waals surface area contributed by atoms with Crippen LogP contribution in [0.2, 0.25) is 0 Å². The van der Waals surface area contributed by atoms with Gasteiger partial charge < -0.3 is 4.74 Å². The third-order valence-electron chi connectivity index (χ3n) is 4.36. The highest BCUT2D eigenvalue weighted by molar-refractivity contribution is 5.48. The molecule has 0 bridgehead atoms. The molecule has 0 N–H and O–H groups in total. The molecule has 1 aromatic carbocycles. The molecule has 3 rings (SSSR count). The van der Waals surface area contributed by atoms with Gasteiger partial charge in [-0.15, -0.1) is 5.10 Å². The van der Waals surface area contributed by atoms with Crippen molar-refractivity contribution in [3.63, 3.8) is 0 Å². The molecule has 1 fully saturated rings. The molecule has 2 aromatic rings. The Morgan fingerprint density at radius 2 is 2.04 bits per heavy atom. The number of hydrogen-bond donors (Lipinski definition) is 0. The van der Waals surface area contributed by atoms with Gasteiger partial charge in [-0.2, -0.15) is 5.26 Å². The second kappa shape index (κ2) is 7.28. The van der Waals surface area contributed by atoms with E-state index >= 15 is 0 Å². The molecule has 0 spiro atoms. The summed E-state index contributed by atoms with van der Waals surface area (Å²) in [4.78, 5) is 0. The summed E-state index contributed by atoms with van der Waals surface area (Å²) in [5.41, 5.74) is 2.26. The maximum Gasteiger partial charge on any atom is 0.186 e. The van der Waals surface area contributed by atoms with Crippen molar-refractivity contribution in [2.24, 2.45) is 0 Å². The second-order valence-electron chi connectivity index (χ2n) is 6.00. The highest BCUT2D eigenvalue weighted by atomic mass is 16.5. The molecule has 0 aliphatic heterocycles. The molecule has 0 amide bonds. The maximum absolute atomic E-state index is 9.42. The van der Waals surface area contributed by atoms with Crippen LogP contribution in [-0.4, -0.2) is 21.6 Å². The first-order valence-electron chi connectivity index (χ1n) is 8.43. The average Bonchev–Trinajstić information content (AvgIpc) is 3.04. The van der Waals surface area contributed by atoms with Gasteiger partial charge in [-0.1, -0.05) is 43.5 Å². The van der Waals surface area contributed by atoms with Gasteiger partial charge in [-0.05, 0) is 31.4 Å². The fourth-order valence-corrected chi connectivity index (χ4v) is 3.26. The average molecular weight is 310 g/mol. The first-order valence-corrected chi connectivity index (χ1v) is 8.43. The number of hydrogen-bond acceptors (Lipinski definition) is 4. The van der Waals surface area contributed by atoms with E-state index in [9.17, 15) is 5.26 Å². The summed E-state index contributed by atoms with van der Waals surface area (Å²) in [6.07, 6.45) is 6.82. The van der Waals surface area contributed by atoms with Gasteiger partial charge >= 0.3 is 0 Å². The highest BCUT2D eigenvalue weighted by Gasteiger charge is 2.26. The van der Waals surface area contributed by atoms with E-state index in [1.54, 1.807) is 0 Å². The molecular weight excluding hydrogens is 288 g/mol. The quantitative estimate of drug-likeness (QED) is 0.838. The van der Waals surface area contributed by atoms with Gasteiger partial charge in [0.05, 0.1) is 12.3 Å². The van der Waals surface area contributed by atoms with Crippen molar-refractivity contribution in [3.8, 4) is 17.5 Å². The normalized spacial score (nSPS) is 15.3. The van der Waals surface area contributed by atoms with E-state index in [0.29, 0.717) is 18.2 Å². The summed E-state index contributed by atoms with van der Waals surface area (Å²) in [5.74, 6) is 1.15. The Morgan fingerprint density at radius 1 is 1.26 bits per heavy atom. The van der Waals surface area contributed by atoms with Crippen molar-refractivity contribution in [1.29, 1.82) is 5.26 Å². The van der Waals surface area contributed by atoms with Crippen LogP contribution < -0.4 is 4.74 Å². The van der Waals surface area contributed by atoms with Crippen LogP contribution in [0.25, 0.3) is 5.69 Å².